The van der Waals surface area contributed by atoms with E-state index in [4.69, 9.17) is 14.6 Å². The lowest BCUT2D eigenvalue weighted by Gasteiger charge is -2.25. The van der Waals surface area contributed by atoms with Crippen molar-refractivity contribution in [3.63, 3.8) is 0 Å². The normalized spacial score (nSPS) is 21.6. The first-order chi connectivity index (χ1) is 16.2. The molecule has 0 radical (unpaired) electrons. The minimum atomic E-state index is -5.08. The highest BCUT2D eigenvalue weighted by atomic mass is 19.4. The first kappa shape index (κ1) is 24.0. The van der Waals surface area contributed by atoms with E-state index in [-0.39, 0.29) is 5.91 Å². The number of aliphatic carboxylic acids is 1. The predicted octanol–water partition coefficient (Wildman–Crippen LogP) is 2.12. The summed E-state index contributed by atoms with van der Waals surface area (Å²) in [6.45, 7) is 3.82. The van der Waals surface area contributed by atoms with Gasteiger partial charge in [-0.25, -0.2) is 4.79 Å². The highest BCUT2D eigenvalue weighted by Gasteiger charge is 2.40. The number of hydrogen-bond acceptors (Lipinski definition) is 6. The van der Waals surface area contributed by atoms with E-state index < -0.39 is 12.1 Å². The molecule has 3 heterocycles. The molecular formula is C22H26F3N5O4. The van der Waals surface area contributed by atoms with Crippen molar-refractivity contribution in [2.45, 2.75) is 44.6 Å². The van der Waals surface area contributed by atoms with Gasteiger partial charge in [0.05, 0.1) is 7.11 Å². The number of benzene rings is 1. The standard InChI is InChI=1S/C20H25N5O2.C2HF3O2/c1-27-17-5-3-2-4-13(17)9-24-10-14-8-18-22-23-19(20(26)21-16-6-7-16)25(18)12-15(14)11-24;3-2(4,5)1(6)7/h2-5,14-16H,6-12H2,1H3,(H,21,26);(H,6,7)/t14-,15-;/m0./s1. The highest BCUT2D eigenvalue weighted by molar-refractivity contribution is 5.91. The van der Waals surface area contributed by atoms with Crippen LogP contribution >= 0.6 is 0 Å². The molecule has 0 bridgehead atoms. The van der Waals surface area contributed by atoms with Crippen LogP contribution in [0.25, 0.3) is 0 Å². The number of fused-ring (bicyclic) bond motifs is 2. The van der Waals surface area contributed by atoms with Crippen molar-refractivity contribution in [2.24, 2.45) is 11.8 Å². The van der Waals surface area contributed by atoms with E-state index in [9.17, 15) is 18.0 Å². The first-order valence-corrected chi connectivity index (χ1v) is 11.0. The third kappa shape index (κ3) is 5.49. The maximum Gasteiger partial charge on any atom is 0.490 e. The van der Waals surface area contributed by atoms with Crippen LogP contribution in [0.3, 0.4) is 0 Å². The zero-order chi connectivity index (χ0) is 24.5. The maximum atomic E-state index is 12.4. The van der Waals surface area contributed by atoms with Crippen LogP contribution < -0.4 is 10.1 Å². The summed E-state index contributed by atoms with van der Waals surface area (Å²) in [7, 11) is 1.72. The number of nitrogens with zero attached hydrogens (tertiary/aromatic N) is 4. The highest BCUT2D eigenvalue weighted by Crippen LogP contribution is 2.34. The van der Waals surface area contributed by atoms with Gasteiger partial charge >= 0.3 is 12.1 Å². The summed E-state index contributed by atoms with van der Waals surface area (Å²) in [6.07, 6.45) is -2.03. The van der Waals surface area contributed by atoms with Gasteiger partial charge in [-0.2, -0.15) is 13.2 Å². The van der Waals surface area contributed by atoms with Gasteiger partial charge in [-0.05, 0) is 30.7 Å². The van der Waals surface area contributed by atoms with Gasteiger partial charge in [-0.3, -0.25) is 9.69 Å². The van der Waals surface area contributed by atoms with E-state index in [0.717, 1.165) is 57.0 Å². The molecule has 0 spiro atoms. The molecule has 2 aliphatic heterocycles. The Morgan fingerprint density at radius 3 is 2.47 bits per heavy atom. The van der Waals surface area contributed by atoms with Crippen LogP contribution in [0.1, 0.15) is 34.8 Å². The van der Waals surface area contributed by atoms with Gasteiger partial charge in [0.25, 0.3) is 5.91 Å². The van der Waals surface area contributed by atoms with E-state index in [1.54, 1.807) is 7.11 Å². The summed E-state index contributed by atoms with van der Waals surface area (Å²) in [5.74, 6) is 0.677. The minimum Gasteiger partial charge on any atom is -0.496 e. The molecule has 3 aliphatic rings. The average Bonchev–Trinajstić information content (AvgIpc) is 3.36. The Labute approximate surface area is 193 Å². The second-order valence-electron chi connectivity index (χ2n) is 8.83. The molecule has 9 nitrogen and oxygen atoms in total. The molecule has 1 saturated carbocycles. The van der Waals surface area contributed by atoms with E-state index in [2.05, 4.69) is 32.5 Å². The number of carboxylic acids is 1. The Kier molecular flexibility index (Phi) is 6.78. The van der Waals surface area contributed by atoms with Gasteiger partial charge in [0.15, 0.2) is 0 Å². The van der Waals surface area contributed by atoms with Crippen molar-refractivity contribution in [2.75, 3.05) is 20.2 Å². The number of hydrogen-bond donors (Lipinski definition) is 2. The predicted molar refractivity (Wildman–Crippen MR) is 113 cm³/mol. The summed E-state index contributed by atoms with van der Waals surface area (Å²) in [5.41, 5.74) is 1.22. The number of alkyl halides is 3. The molecule has 184 valence electrons. The lowest BCUT2D eigenvalue weighted by Crippen LogP contribution is -2.33. The summed E-state index contributed by atoms with van der Waals surface area (Å²) >= 11 is 0. The average molecular weight is 481 g/mol. The first-order valence-electron chi connectivity index (χ1n) is 11.0. The molecule has 1 aromatic carbocycles. The fraction of sp³-hybridized carbons (Fsp3) is 0.545. The van der Waals surface area contributed by atoms with Crippen molar-refractivity contribution in [1.82, 2.24) is 25.0 Å². The number of halogens is 3. The number of carbonyl (C=O) groups is 2. The number of rotatable bonds is 5. The number of amides is 1. The van der Waals surface area contributed by atoms with Gasteiger partial charge < -0.3 is 19.7 Å². The minimum absolute atomic E-state index is 0.0708. The van der Waals surface area contributed by atoms with Crippen LogP contribution in [0, 0.1) is 11.8 Å². The maximum absolute atomic E-state index is 12.4. The van der Waals surface area contributed by atoms with Crippen LogP contribution in [-0.2, 0) is 24.3 Å². The van der Waals surface area contributed by atoms with Crippen molar-refractivity contribution in [1.29, 1.82) is 0 Å². The van der Waals surface area contributed by atoms with E-state index in [0.29, 0.717) is 23.7 Å². The smallest absolute Gasteiger partial charge is 0.490 e. The Morgan fingerprint density at radius 2 is 1.82 bits per heavy atom. The molecule has 2 aromatic rings. The molecule has 1 aromatic heterocycles. The number of para-hydroxylation sites is 1. The number of likely N-dealkylation sites (tertiary alicyclic amines) is 1. The third-order valence-corrected chi connectivity index (χ3v) is 6.29. The molecule has 5 rings (SSSR count). The largest absolute Gasteiger partial charge is 0.496 e. The molecule has 2 atom stereocenters. The summed E-state index contributed by atoms with van der Waals surface area (Å²) < 4.78 is 39.3. The van der Waals surface area contributed by atoms with Crippen LogP contribution in [0.15, 0.2) is 24.3 Å². The number of methoxy groups -OCH3 is 1. The molecule has 2 fully saturated rings. The number of carboxylic acid groups (broad SMARTS) is 1. The van der Waals surface area contributed by atoms with Gasteiger partial charge in [0.1, 0.15) is 11.6 Å². The lowest BCUT2D eigenvalue weighted by molar-refractivity contribution is -0.192. The lowest BCUT2D eigenvalue weighted by atomic mass is 9.89. The fourth-order valence-electron chi connectivity index (χ4n) is 4.47. The zero-order valence-corrected chi connectivity index (χ0v) is 18.6. The number of nitrogens with one attached hydrogen (secondary N) is 1. The molecule has 12 heteroatoms. The van der Waals surface area contributed by atoms with Gasteiger partial charge in [0.2, 0.25) is 5.82 Å². The second kappa shape index (κ2) is 9.61. The Balaban J connectivity index is 0.000000344. The monoisotopic (exact) mass is 481 g/mol. The summed E-state index contributed by atoms with van der Waals surface area (Å²) in [4.78, 5) is 23.8. The molecule has 34 heavy (non-hydrogen) atoms. The molecule has 0 unspecified atom stereocenters. The van der Waals surface area contributed by atoms with Gasteiger partial charge in [-0.1, -0.05) is 18.2 Å². The second-order valence-corrected chi connectivity index (χ2v) is 8.83. The van der Waals surface area contributed by atoms with Crippen LogP contribution in [0.2, 0.25) is 0 Å². The molecule has 1 saturated heterocycles. The number of ether oxygens (including phenoxy) is 1. The van der Waals surface area contributed by atoms with Crippen LogP contribution in [0.5, 0.6) is 5.75 Å². The Bertz CT molecular complexity index is 1050. The van der Waals surface area contributed by atoms with Crippen molar-refractivity contribution in [3.8, 4) is 5.75 Å². The zero-order valence-electron chi connectivity index (χ0n) is 18.6. The quantitative estimate of drug-likeness (QED) is 0.673. The van der Waals surface area contributed by atoms with E-state index in [1.165, 1.54) is 5.56 Å². The Morgan fingerprint density at radius 1 is 1.15 bits per heavy atom. The van der Waals surface area contributed by atoms with Crippen LogP contribution in [0.4, 0.5) is 13.2 Å². The third-order valence-electron chi connectivity index (χ3n) is 6.29. The van der Waals surface area contributed by atoms with Crippen molar-refractivity contribution < 1.29 is 32.6 Å². The Hall–Kier alpha value is -3.15. The molecule has 1 aliphatic carbocycles. The molecule has 2 N–H and O–H groups in total. The van der Waals surface area contributed by atoms with E-state index >= 15 is 0 Å². The number of aromatic nitrogens is 3. The van der Waals surface area contributed by atoms with Gasteiger partial charge in [-0.15, -0.1) is 10.2 Å². The summed E-state index contributed by atoms with van der Waals surface area (Å²) in [5, 5.41) is 18.7. The van der Waals surface area contributed by atoms with Crippen LogP contribution in [-0.4, -0.2) is 69.1 Å². The van der Waals surface area contributed by atoms with E-state index in [1.807, 2.05) is 16.7 Å². The van der Waals surface area contributed by atoms with Crippen molar-refractivity contribution in [3.05, 3.63) is 41.5 Å². The van der Waals surface area contributed by atoms with Crippen molar-refractivity contribution >= 4 is 11.9 Å². The fourth-order valence-corrected chi connectivity index (χ4v) is 4.47. The molecule has 1 amide bonds. The van der Waals surface area contributed by atoms with Gasteiger partial charge in [0, 0.05) is 44.2 Å². The summed E-state index contributed by atoms with van der Waals surface area (Å²) in [6, 6.07) is 8.56. The topological polar surface area (TPSA) is 110 Å². The SMILES string of the molecule is COc1ccccc1CN1C[C@@H]2Cc3nnc(C(=O)NC4CC4)n3C[C@@H]2C1.O=C(O)C(F)(F)F. The molecular weight excluding hydrogens is 455 g/mol. The number of carbonyl (C=O) groups excluding carboxylic acids is 1.